The zero-order valence-corrected chi connectivity index (χ0v) is 8.35. The second kappa shape index (κ2) is 4.92. The van der Waals surface area contributed by atoms with E-state index in [2.05, 4.69) is 11.1 Å². The lowest BCUT2D eigenvalue weighted by atomic mass is 10.4. The predicted molar refractivity (Wildman–Crippen MR) is 48.3 cm³/mol. The Morgan fingerprint density at radius 1 is 1.38 bits per heavy atom. The molecule has 13 heavy (non-hydrogen) atoms. The molecule has 1 aromatic heterocycles. The zero-order valence-electron chi connectivity index (χ0n) is 7.53. The van der Waals surface area contributed by atoms with Gasteiger partial charge in [0.05, 0.1) is 18.9 Å². The fourth-order valence-electron chi connectivity index (χ4n) is 0.908. The summed E-state index contributed by atoms with van der Waals surface area (Å²) in [6, 6.07) is 2.08. The molecule has 4 nitrogen and oxygen atoms in total. The fraction of sp³-hybridized carbons (Fsp3) is 0.500. The van der Waals surface area contributed by atoms with Crippen LogP contribution in [0, 0.1) is 11.3 Å². The monoisotopic (exact) mass is 198 g/mol. The summed E-state index contributed by atoms with van der Waals surface area (Å²) in [6.45, 7) is 0.826. The highest BCUT2D eigenvalue weighted by Gasteiger charge is 2.09. The smallest absolute Gasteiger partial charge is 0.130 e. The summed E-state index contributed by atoms with van der Waals surface area (Å²) in [5.74, 6) is 0. The van der Waals surface area contributed by atoms with Crippen molar-refractivity contribution in [3.63, 3.8) is 0 Å². The molecule has 5 heteroatoms. The van der Waals surface area contributed by atoms with Gasteiger partial charge < -0.3 is 9.47 Å². The summed E-state index contributed by atoms with van der Waals surface area (Å²) in [5.41, 5.74) is 0.696. The van der Waals surface area contributed by atoms with Gasteiger partial charge in [-0.2, -0.15) is 5.26 Å². The molecule has 0 unspecified atom stereocenters. The van der Waals surface area contributed by atoms with Gasteiger partial charge in [-0.3, -0.25) is 0 Å². The lowest BCUT2D eigenvalue weighted by molar-refractivity contribution is 0.176. The number of aromatic nitrogens is 1. The van der Waals surface area contributed by atoms with E-state index in [4.69, 9.17) is 14.7 Å². The minimum absolute atomic E-state index is 0.378. The van der Waals surface area contributed by atoms with E-state index in [-0.39, 0.29) is 0 Å². The summed E-state index contributed by atoms with van der Waals surface area (Å²) in [6.07, 6.45) is 0. The Morgan fingerprint density at radius 2 is 2.08 bits per heavy atom. The molecule has 0 radical (unpaired) electrons. The fourth-order valence-corrected chi connectivity index (χ4v) is 1.74. The van der Waals surface area contributed by atoms with Crippen LogP contribution in [0.2, 0.25) is 0 Å². The van der Waals surface area contributed by atoms with Crippen molar-refractivity contribution < 1.29 is 9.47 Å². The van der Waals surface area contributed by atoms with E-state index in [9.17, 15) is 0 Å². The summed E-state index contributed by atoms with van der Waals surface area (Å²) < 4.78 is 9.83. The van der Waals surface area contributed by atoms with Gasteiger partial charge in [0.2, 0.25) is 0 Å². The number of nitriles is 1. The van der Waals surface area contributed by atoms with Gasteiger partial charge in [-0.25, -0.2) is 4.98 Å². The minimum Gasteiger partial charge on any atom is -0.378 e. The molecule has 0 aliphatic carbocycles. The third kappa shape index (κ3) is 2.49. The van der Waals surface area contributed by atoms with Crippen molar-refractivity contribution in [2.24, 2.45) is 0 Å². The molecule has 70 valence electrons. The summed E-state index contributed by atoms with van der Waals surface area (Å²) >= 11 is 1.35. The average molecular weight is 198 g/mol. The highest BCUT2D eigenvalue weighted by atomic mass is 32.1. The Hall–Kier alpha value is -0.960. The van der Waals surface area contributed by atoms with Crippen LogP contribution in [0.25, 0.3) is 0 Å². The molecule has 1 heterocycles. The Labute approximate surface area is 80.7 Å². The number of methoxy groups -OCH3 is 2. The van der Waals surface area contributed by atoms with Gasteiger partial charge in [-0.1, -0.05) is 0 Å². The van der Waals surface area contributed by atoms with Gasteiger partial charge in [-0.05, 0) is 0 Å². The molecule has 0 saturated heterocycles. The zero-order chi connectivity index (χ0) is 9.68. The molecule has 0 spiro atoms. The third-order valence-electron chi connectivity index (χ3n) is 1.39. The van der Waals surface area contributed by atoms with Crippen molar-refractivity contribution >= 4 is 11.3 Å². The van der Waals surface area contributed by atoms with Crippen molar-refractivity contribution in [2.75, 3.05) is 14.2 Å². The normalized spacial score (nSPS) is 9.92. The largest absolute Gasteiger partial charge is 0.378 e. The van der Waals surface area contributed by atoms with E-state index < -0.39 is 0 Å². The van der Waals surface area contributed by atoms with E-state index in [1.54, 1.807) is 14.2 Å². The molecular formula is C8H10N2O2S. The number of nitrogens with zero attached hydrogens (tertiary/aromatic N) is 2. The summed E-state index contributed by atoms with van der Waals surface area (Å²) in [5, 5.41) is 9.56. The van der Waals surface area contributed by atoms with Crippen LogP contribution in [-0.4, -0.2) is 19.2 Å². The van der Waals surface area contributed by atoms with Crippen LogP contribution in [0.15, 0.2) is 0 Å². The van der Waals surface area contributed by atoms with Crippen molar-refractivity contribution in [1.29, 1.82) is 5.26 Å². The number of hydrogen-bond acceptors (Lipinski definition) is 5. The first-order valence-corrected chi connectivity index (χ1v) is 4.50. The van der Waals surface area contributed by atoms with Crippen LogP contribution in [0.1, 0.15) is 15.6 Å². The molecule has 0 aliphatic heterocycles. The van der Waals surface area contributed by atoms with Crippen LogP contribution in [0.4, 0.5) is 0 Å². The lowest BCUT2D eigenvalue weighted by Gasteiger charge is -1.92. The van der Waals surface area contributed by atoms with E-state index in [1.165, 1.54) is 11.3 Å². The van der Waals surface area contributed by atoms with Crippen LogP contribution in [0.5, 0.6) is 0 Å². The quantitative estimate of drug-likeness (QED) is 0.732. The maximum Gasteiger partial charge on any atom is 0.130 e. The van der Waals surface area contributed by atoms with Gasteiger partial charge >= 0.3 is 0 Å². The average Bonchev–Trinajstić information content (AvgIpc) is 2.49. The maximum absolute atomic E-state index is 8.75. The van der Waals surface area contributed by atoms with Crippen molar-refractivity contribution in [3.8, 4) is 6.07 Å². The molecule has 0 aromatic carbocycles. The standard InChI is InChI=1S/C8H10N2O2S/c1-11-4-6-7(3-9)13-8(10-6)5-12-2/h4-5H2,1-2H3. The Bertz CT molecular complexity index is 316. The van der Waals surface area contributed by atoms with Crippen LogP contribution < -0.4 is 0 Å². The highest BCUT2D eigenvalue weighted by Crippen LogP contribution is 2.18. The Kier molecular flexibility index (Phi) is 3.83. The van der Waals surface area contributed by atoms with Crippen LogP contribution in [-0.2, 0) is 22.7 Å². The molecule has 1 aromatic rings. The van der Waals surface area contributed by atoms with Gasteiger partial charge in [0.25, 0.3) is 0 Å². The Balaban J connectivity index is 2.85. The van der Waals surface area contributed by atoms with E-state index in [0.29, 0.717) is 23.8 Å². The minimum atomic E-state index is 0.378. The van der Waals surface area contributed by atoms with Crippen molar-refractivity contribution in [3.05, 3.63) is 15.6 Å². The molecule has 0 amide bonds. The molecule has 1 rings (SSSR count). The first kappa shape index (κ1) is 10.1. The van der Waals surface area contributed by atoms with Gasteiger partial charge in [0, 0.05) is 14.2 Å². The Morgan fingerprint density at radius 3 is 2.62 bits per heavy atom. The van der Waals surface area contributed by atoms with Gasteiger partial charge in [-0.15, -0.1) is 11.3 Å². The summed E-state index contributed by atoms with van der Waals surface area (Å²) in [4.78, 5) is 4.81. The first-order chi connectivity index (χ1) is 6.31. The van der Waals surface area contributed by atoms with Gasteiger partial charge in [0.1, 0.15) is 16.0 Å². The van der Waals surface area contributed by atoms with Crippen molar-refractivity contribution in [2.45, 2.75) is 13.2 Å². The lowest BCUT2D eigenvalue weighted by Crippen LogP contribution is -1.92. The molecule has 0 saturated carbocycles. The summed E-state index contributed by atoms with van der Waals surface area (Å²) in [7, 11) is 3.18. The number of ether oxygens (including phenoxy) is 2. The molecule has 0 atom stereocenters. The van der Waals surface area contributed by atoms with E-state index in [0.717, 1.165) is 5.01 Å². The van der Waals surface area contributed by atoms with E-state index >= 15 is 0 Å². The number of rotatable bonds is 4. The first-order valence-electron chi connectivity index (χ1n) is 3.68. The molecule has 0 bridgehead atoms. The SMILES string of the molecule is COCc1nc(COC)c(C#N)s1. The topological polar surface area (TPSA) is 55.1 Å². The maximum atomic E-state index is 8.75. The second-order valence-electron chi connectivity index (χ2n) is 2.36. The second-order valence-corrected chi connectivity index (χ2v) is 3.44. The number of thiazole rings is 1. The van der Waals surface area contributed by atoms with Crippen LogP contribution >= 0.6 is 11.3 Å². The van der Waals surface area contributed by atoms with E-state index in [1.807, 2.05) is 0 Å². The highest BCUT2D eigenvalue weighted by molar-refractivity contribution is 7.12. The predicted octanol–water partition coefficient (Wildman–Crippen LogP) is 1.31. The molecule has 0 aliphatic rings. The van der Waals surface area contributed by atoms with Gasteiger partial charge in [0.15, 0.2) is 0 Å². The molecule has 0 N–H and O–H groups in total. The molecule has 0 fully saturated rings. The van der Waals surface area contributed by atoms with Crippen LogP contribution in [0.3, 0.4) is 0 Å². The van der Waals surface area contributed by atoms with Crippen molar-refractivity contribution in [1.82, 2.24) is 4.98 Å². The number of hydrogen-bond donors (Lipinski definition) is 0. The third-order valence-corrected chi connectivity index (χ3v) is 2.37. The molecular weight excluding hydrogens is 188 g/mol.